The van der Waals surface area contributed by atoms with Crippen molar-refractivity contribution >= 4 is 11.9 Å². The summed E-state index contributed by atoms with van der Waals surface area (Å²) in [5, 5.41) is 8.61. The summed E-state index contributed by atoms with van der Waals surface area (Å²) in [6, 6.07) is 0. The summed E-state index contributed by atoms with van der Waals surface area (Å²) in [5.41, 5.74) is 0.0180. The minimum atomic E-state index is -1.06. The minimum absolute atomic E-state index is 0.0180. The monoisotopic (exact) mass is 270 g/mol. The zero-order valence-corrected chi connectivity index (χ0v) is 12.1. The first kappa shape index (κ1) is 17.7. The molecule has 0 aliphatic carbocycles. The van der Waals surface area contributed by atoms with Crippen LogP contribution in [0, 0.1) is 0 Å². The molecule has 0 aliphatic heterocycles. The van der Waals surface area contributed by atoms with Crippen LogP contribution in [-0.2, 0) is 14.3 Å². The number of esters is 1. The number of rotatable bonds is 11. The highest BCUT2D eigenvalue weighted by Crippen LogP contribution is 2.15. The van der Waals surface area contributed by atoms with E-state index in [0.29, 0.717) is 0 Å². The van der Waals surface area contributed by atoms with Crippen LogP contribution in [0.15, 0.2) is 12.2 Å². The zero-order valence-electron chi connectivity index (χ0n) is 12.1. The Morgan fingerprint density at radius 1 is 1.11 bits per heavy atom. The van der Waals surface area contributed by atoms with E-state index >= 15 is 0 Å². The Balaban J connectivity index is 4.23. The fourth-order valence-corrected chi connectivity index (χ4v) is 1.81. The Bertz CT molecular complexity index is 297. The van der Waals surface area contributed by atoms with Crippen LogP contribution in [-0.4, -0.2) is 23.1 Å². The SMILES string of the molecule is C=C(CC(=O)O)C(=O)OC(CCCC)CCCCC. The molecule has 110 valence electrons. The van der Waals surface area contributed by atoms with Crippen molar-refractivity contribution in [1.29, 1.82) is 0 Å². The lowest BCUT2D eigenvalue weighted by molar-refractivity contribution is -0.147. The van der Waals surface area contributed by atoms with Crippen LogP contribution >= 0.6 is 0 Å². The second kappa shape index (κ2) is 10.6. The van der Waals surface area contributed by atoms with E-state index in [0.717, 1.165) is 44.9 Å². The molecule has 0 amide bonds. The molecular weight excluding hydrogens is 244 g/mol. The number of hydrogen-bond acceptors (Lipinski definition) is 3. The normalized spacial score (nSPS) is 11.9. The maximum atomic E-state index is 11.7. The van der Waals surface area contributed by atoms with Crippen molar-refractivity contribution in [3.05, 3.63) is 12.2 Å². The van der Waals surface area contributed by atoms with E-state index in [-0.39, 0.29) is 18.1 Å². The van der Waals surface area contributed by atoms with Gasteiger partial charge in [0.05, 0.1) is 6.42 Å². The van der Waals surface area contributed by atoms with Crippen molar-refractivity contribution in [1.82, 2.24) is 0 Å². The molecule has 0 rings (SSSR count). The maximum absolute atomic E-state index is 11.7. The van der Waals surface area contributed by atoms with E-state index in [1.807, 2.05) is 0 Å². The van der Waals surface area contributed by atoms with Crippen LogP contribution in [0.4, 0.5) is 0 Å². The molecule has 1 N–H and O–H groups in total. The number of carboxylic acid groups (broad SMARTS) is 1. The van der Waals surface area contributed by atoms with Crippen molar-refractivity contribution in [3.8, 4) is 0 Å². The lowest BCUT2D eigenvalue weighted by atomic mass is 10.1. The smallest absolute Gasteiger partial charge is 0.334 e. The molecule has 0 radical (unpaired) electrons. The van der Waals surface area contributed by atoms with Crippen molar-refractivity contribution in [2.75, 3.05) is 0 Å². The quantitative estimate of drug-likeness (QED) is 0.353. The van der Waals surface area contributed by atoms with Gasteiger partial charge in [0.15, 0.2) is 0 Å². The van der Waals surface area contributed by atoms with Crippen LogP contribution < -0.4 is 0 Å². The van der Waals surface area contributed by atoms with E-state index in [1.54, 1.807) is 0 Å². The fourth-order valence-electron chi connectivity index (χ4n) is 1.81. The molecule has 1 unspecified atom stereocenters. The number of carbonyl (C=O) groups is 2. The summed E-state index contributed by atoms with van der Waals surface area (Å²) in [7, 11) is 0. The number of carboxylic acids is 1. The summed E-state index contributed by atoms with van der Waals surface area (Å²) in [6.07, 6.45) is 6.57. The molecule has 0 aromatic rings. The van der Waals surface area contributed by atoms with Gasteiger partial charge in [-0.15, -0.1) is 0 Å². The molecule has 4 heteroatoms. The first-order valence-electron chi connectivity index (χ1n) is 7.11. The standard InChI is InChI=1S/C15H26O4/c1-4-6-8-10-13(9-7-5-2)19-15(18)12(3)11-14(16)17/h13H,3-11H2,1-2H3,(H,16,17). The molecule has 0 aromatic carbocycles. The topological polar surface area (TPSA) is 63.6 Å². The van der Waals surface area contributed by atoms with E-state index in [4.69, 9.17) is 9.84 Å². The van der Waals surface area contributed by atoms with Gasteiger partial charge in [-0.25, -0.2) is 4.79 Å². The van der Waals surface area contributed by atoms with E-state index in [2.05, 4.69) is 20.4 Å². The van der Waals surface area contributed by atoms with Gasteiger partial charge < -0.3 is 9.84 Å². The Morgan fingerprint density at radius 2 is 1.68 bits per heavy atom. The molecular formula is C15H26O4. The number of hydrogen-bond donors (Lipinski definition) is 1. The summed E-state index contributed by atoms with van der Waals surface area (Å²) < 4.78 is 5.36. The summed E-state index contributed by atoms with van der Waals surface area (Å²) in [6.45, 7) is 7.69. The number of carbonyl (C=O) groups excluding carboxylic acids is 1. The van der Waals surface area contributed by atoms with Gasteiger partial charge in [-0.3, -0.25) is 4.79 Å². The molecule has 4 nitrogen and oxygen atoms in total. The summed E-state index contributed by atoms with van der Waals surface area (Å²) in [4.78, 5) is 22.2. The van der Waals surface area contributed by atoms with Gasteiger partial charge >= 0.3 is 11.9 Å². The predicted octanol–water partition coefficient (Wildman–Crippen LogP) is 3.70. The van der Waals surface area contributed by atoms with Crippen LogP contribution in [0.25, 0.3) is 0 Å². The van der Waals surface area contributed by atoms with Crippen molar-refractivity contribution in [2.24, 2.45) is 0 Å². The van der Waals surface area contributed by atoms with E-state index < -0.39 is 11.9 Å². The van der Waals surface area contributed by atoms with Crippen molar-refractivity contribution < 1.29 is 19.4 Å². The minimum Gasteiger partial charge on any atom is -0.481 e. The second-order valence-corrected chi connectivity index (χ2v) is 4.84. The Labute approximate surface area is 115 Å². The zero-order chi connectivity index (χ0) is 14.7. The van der Waals surface area contributed by atoms with Gasteiger partial charge in [-0.05, 0) is 19.3 Å². The van der Waals surface area contributed by atoms with Crippen molar-refractivity contribution in [3.63, 3.8) is 0 Å². The average Bonchev–Trinajstić information content (AvgIpc) is 2.34. The third kappa shape index (κ3) is 9.28. The van der Waals surface area contributed by atoms with Crippen LogP contribution in [0.3, 0.4) is 0 Å². The fraction of sp³-hybridized carbons (Fsp3) is 0.733. The highest BCUT2D eigenvalue weighted by atomic mass is 16.5. The highest BCUT2D eigenvalue weighted by molar-refractivity contribution is 5.92. The van der Waals surface area contributed by atoms with Crippen LogP contribution in [0.5, 0.6) is 0 Å². The molecule has 19 heavy (non-hydrogen) atoms. The van der Waals surface area contributed by atoms with Crippen LogP contribution in [0.1, 0.15) is 65.2 Å². The first-order valence-corrected chi connectivity index (χ1v) is 7.11. The van der Waals surface area contributed by atoms with Gasteiger partial charge in [-0.1, -0.05) is 46.1 Å². The Kier molecular flexibility index (Phi) is 9.85. The second-order valence-electron chi connectivity index (χ2n) is 4.84. The molecule has 0 fully saturated rings. The molecule has 0 aliphatic rings. The highest BCUT2D eigenvalue weighted by Gasteiger charge is 2.17. The lowest BCUT2D eigenvalue weighted by Crippen LogP contribution is -2.20. The molecule has 0 aromatic heterocycles. The summed E-state index contributed by atoms with van der Waals surface area (Å²) in [5.74, 6) is -1.63. The lowest BCUT2D eigenvalue weighted by Gasteiger charge is -2.18. The molecule has 1 atom stereocenters. The molecule has 0 saturated heterocycles. The molecule has 0 heterocycles. The molecule has 0 bridgehead atoms. The van der Waals surface area contributed by atoms with Crippen molar-refractivity contribution in [2.45, 2.75) is 71.3 Å². The molecule has 0 saturated carbocycles. The van der Waals surface area contributed by atoms with Crippen LogP contribution in [0.2, 0.25) is 0 Å². The number of aliphatic carboxylic acids is 1. The van der Waals surface area contributed by atoms with Gasteiger partial charge in [-0.2, -0.15) is 0 Å². The van der Waals surface area contributed by atoms with E-state index in [1.165, 1.54) is 0 Å². The van der Waals surface area contributed by atoms with Gasteiger partial charge in [0, 0.05) is 5.57 Å². The van der Waals surface area contributed by atoms with Gasteiger partial charge in [0.2, 0.25) is 0 Å². The third-order valence-corrected chi connectivity index (χ3v) is 2.94. The summed E-state index contributed by atoms with van der Waals surface area (Å²) >= 11 is 0. The predicted molar refractivity (Wildman–Crippen MR) is 74.9 cm³/mol. The van der Waals surface area contributed by atoms with Gasteiger partial charge in [0.25, 0.3) is 0 Å². The maximum Gasteiger partial charge on any atom is 0.334 e. The Morgan fingerprint density at radius 3 is 2.21 bits per heavy atom. The average molecular weight is 270 g/mol. The Hall–Kier alpha value is -1.32. The number of unbranched alkanes of at least 4 members (excludes halogenated alkanes) is 3. The molecule has 0 spiro atoms. The number of ether oxygens (including phenoxy) is 1. The first-order chi connectivity index (χ1) is 9.01. The third-order valence-electron chi connectivity index (χ3n) is 2.94. The van der Waals surface area contributed by atoms with Gasteiger partial charge in [0.1, 0.15) is 6.10 Å². The van der Waals surface area contributed by atoms with E-state index in [9.17, 15) is 9.59 Å². The largest absolute Gasteiger partial charge is 0.481 e.